The molecular formula is C15H26N2O. The smallest absolute Gasteiger partial charge is 0.144 e. The summed E-state index contributed by atoms with van der Waals surface area (Å²) in [6, 6.07) is 6.47. The van der Waals surface area contributed by atoms with Crippen LogP contribution in [0.4, 0.5) is 11.4 Å². The maximum absolute atomic E-state index is 6.23. The standard InChI is InChI=1S/C15H26N2O/c1-5-10-17(12(3)4)13-8-7-9-14(15(13)16)18-11-6-2/h7-9,12H,5-6,10-11,16H2,1-4H3. The van der Waals surface area contributed by atoms with Gasteiger partial charge in [-0.05, 0) is 38.8 Å². The highest BCUT2D eigenvalue weighted by atomic mass is 16.5. The van der Waals surface area contributed by atoms with E-state index in [0.717, 1.165) is 36.5 Å². The molecule has 2 N–H and O–H groups in total. The van der Waals surface area contributed by atoms with E-state index in [0.29, 0.717) is 12.6 Å². The van der Waals surface area contributed by atoms with Crippen molar-refractivity contribution in [2.24, 2.45) is 0 Å². The van der Waals surface area contributed by atoms with Crippen LogP contribution in [0.25, 0.3) is 0 Å². The molecule has 0 amide bonds. The number of nitrogens with zero attached hydrogens (tertiary/aromatic N) is 1. The van der Waals surface area contributed by atoms with Gasteiger partial charge in [0.2, 0.25) is 0 Å². The van der Waals surface area contributed by atoms with Gasteiger partial charge < -0.3 is 15.4 Å². The number of para-hydroxylation sites is 1. The summed E-state index contributed by atoms with van der Waals surface area (Å²) < 4.78 is 5.68. The van der Waals surface area contributed by atoms with E-state index in [1.54, 1.807) is 0 Å². The van der Waals surface area contributed by atoms with Gasteiger partial charge in [0.25, 0.3) is 0 Å². The van der Waals surface area contributed by atoms with Crippen LogP contribution in [0.5, 0.6) is 5.75 Å². The van der Waals surface area contributed by atoms with E-state index >= 15 is 0 Å². The molecule has 0 aliphatic heterocycles. The molecule has 0 heterocycles. The predicted octanol–water partition coefficient (Wildman–Crippen LogP) is 3.68. The Kier molecular flexibility index (Phi) is 5.83. The van der Waals surface area contributed by atoms with Crippen molar-refractivity contribution in [1.29, 1.82) is 0 Å². The molecule has 102 valence electrons. The maximum Gasteiger partial charge on any atom is 0.144 e. The zero-order valence-corrected chi connectivity index (χ0v) is 12.1. The van der Waals surface area contributed by atoms with Crippen LogP contribution >= 0.6 is 0 Å². The molecule has 1 aromatic rings. The molecule has 0 aliphatic rings. The molecule has 3 heteroatoms. The summed E-state index contributed by atoms with van der Waals surface area (Å²) in [5.41, 5.74) is 8.07. The SMILES string of the molecule is CCCOc1cccc(N(CCC)C(C)C)c1N. The normalized spacial score (nSPS) is 10.7. The quantitative estimate of drug-likeness (QED) is 0.750. The average molecular weight is 250 g/mol. The molecule has 1 rings (SSSR count). The molecule has 0 atom stereocenters. The topological polar surface area (TPSA) is 38.5 Å². The van der Waals surface area contributed by atoms with Crippen LogP contribution in [0.1, 0.15) is 40.5 Å². The number of benzene rings is 1. The second-order valence-electron chi connectivity index (χ2n) is 4.82. The molecule has 0 unspecified atom stereocenters. The third-order valence-electron chi connectivity index (χ3n) is 2.90. The molecule has 3 nitrogen and oxygen atoms in total. The van der Waals surface area contributed by atoms with Crippen LogP contribution in [-0.4, -0.2) is 19.2 Å². The maximum atomic E-state index is 6.23. The Labute approximate surface area is 111 Å². The summed E-state index contributed by atoms with van der Waals surface area (Å²) in [5.74, 6) is 0.802. The number of ether oxygens (including phenoxy) is 1. The second-order valence-corrected chi connectivity index (χ2v) is 4.82. The van der Waals surface area contributed by atoms with E-state index in [4.69, 9.17) is 10.5 Å². The van der Waals surface area contributed by atoms with Crippen molar-refractivity contribution in [3.05, 3.63) is 18.2 Å². The van der Waals surface area contributed by atoms with E-state index in [9.17, 15) is 0 Å². The van der Waals surface area contributed by atoms with Crippen LogP contribution in [0, 0.1) is 0 Å². The zero-order chi connectivity index (χ0) is 13.5. The van der Waals surface area contributed by atoms with E-state index in [-0.39, 0.29) is 0 Å². The summed E-state index contributed by atoms with van der Waals surface area (Å²) in [7, 11) is 0. The third kappa shape index (κ3) is 3.56. The number of hydrogen-bond donors (Lipinski definition) is 1. The number of nitrogens with two attached hydrogens (primary N) is 1. The fourth-order valence-electron chi connectivity index (χ4n) is 2.02. The Balaban J connectivity index is 2.99. The van der Waals surface area contributed by atoms with Crippen molar-refractivity contribution in [1.82, 2.24) is 0 Å². The first-order valence-electron chi connectivity index (χ1n) is 6.89. The van der Waals surface area contributed by atoms with Gasteiger partial charge in [0.05, 0.1) is 18.0 Å². The van der Waals surface area contributed by atoms with Gasteiger partial charge in [0.15, 0.2) is 0 Å². The van der Waals surface area contributed by atoms with Gasteiger partial charge in [-0.25, -0.2) is 0 Å². The summed E-state index contributed by atoms with van der Waals surface area (Å²) in [4.78, 5) is 2.33. The van der Waals surface area contributed by atoms with E-state index in [2.05, 4.69) is 38.7 Å². The minimum Gasteiger partial charge on any atom is -0.491 e. The Morgan fingerprint density at radius 2 is 1.94 bits per heavy atom. The van der Waals surface area contributed by atoms with Crippen molar-refractivity contribution in [3.8, 4) is 5.75 Å². The van der Waals surface area contributed by atoms with Gasteiger partial charge in [-0.15, -0.1) is 0 Å². The van der Waals surface area contributed by atoms with Crippen molar-refractivity contribution in [2.45, 2.75) is 46.6 Å². The fourth-order valence-corrected chi connectivity index (χ4v) is 2.02. The second kappa shape index (κ2) is 7.14. The fraction of sp³-hybridized carbons (Fsp3) is 0.600. The number of anilines is 2. The Hall–Kier alpha value is -1.38. The van der Waals surface area contributed by atoms with Crippen molar-refractivity contribution >= 4 is 11.4 Å². The largest absolute Gasteiger partial charge is 0.491 e. The minimum atomic E-state index is 0.439. The van der Waals surface area contributed by atoms with Gasteiger partial charge in [0, 0.05) is 12.6 Å². The van der Waals surface area contributed by atoms with Crippen LogP contribution in [0.15, 0.2) is 18.2 Å². The molecule has 0 bridgehead atoms. The first-order valence-corrected chi connectivity index (χ1v) is 6.89. The van der Waals surface area contributed by atoms with E-state index in [1.807, 2.05) is 12.1 Å². The number of hydrogen-bond acceptors (Lipinski definition) is 3. The van der Waals surface area contributed by atoms with Crippen molar-refractivity contribution < 1.29 is 4.74 Å². The molecular weight excluding hydrogens is 224 g/mol. The highest BCUT2D eigenvalue weighted by molar-refractivity contribution is 5.74. The van der Waals surface area contributed by atoms with Crippen LogP contribution in [-0.2, 0) is 0 Å². The van der Waals surface area contributed by atoms with Crippen LogP contribution in [0.3, 0.4) is 0 Å². The van der Waals surface area contributed by atoms with Crippen LogP contribution in [0.2, 0.25) is 0 Å². The number of rotatable bonds is 7. The monoisotopic (exact) mass is 250 g/mol. The molecule has 1 aromatic carbocycles. The number of nitrogen functional groups attached to an aromatic ring is 1. The molecule has 0 radical (unpaired) electrons. The van der Waals surface area contributed by atoms with Crippen LogP contribution < -0.4 is 15.4 Å². The minimum absolute atomic E-state index is 0.439. The lowest BCUT2D eigenvalue weighted by Gasteiger charge is -2.30. The van der Waals surface area contributed by atoms with Crippen molar-refractivity contribution in [2.75, 3.05) is 23.8 Å². The Morgan fingerprint density at radius 1 is 1.22 bits per heavy atom. The predicted molar refractivity (Wildman–Crippen MR) is 79.4 cm³/mol. The summed E-state index contributed by atoms with van der Waals surface area (Å²) >= 11 is 0. The first-order chi connectivity index (χ1) is 8.61. The van der Waals surface area contributed by atoms with Gasteiger partial charge in [-0.3, -0.25) is 0 Å². The molecule has 0 aromatic heterocycles. The molecule has 0 fully saturated rings. The zero-order valence-electron chi connectivity index (χ0n) is 12.1. The van der Waals surface area contributed by atoms with Crippen molar-refractivity contribution in [3.63, 3.8) is 0 Å². The molecule has 18 heavy (non-hydrogen) atoms. The Bertz CT molecular complexity index is 364. The molecule has 0 saturated carbocycles. The van der Waals surface area contributed by atoms with E-state index < -0.39 is 0 Å². The van der Waals surface area contributed by atoms with E-state index in [1.165, 1.54) is 0 Å². The lowest BCUT2D eigenvalue weighted by atomic mass is 10.2. The molecule has 0 saturated heterocycles. The summed E-state index contributed by atoms with van der Waals surface area (Å²) in [5, 5.41) is 0. The first kappa shape index (κ1) is 14.7. The lowest BCUT2D eigenvalue weighted by Crippen LogP contribution is -2.32. The summed E-state index contributed by atoms with van der Waals surface area (Å²) in [6.45, 7) is 10.4. The Morgan fingerprint density at radius 3 is 2.50 bits per heavy atom. The van der Waals surface area contributed by atoms with Gasteiger partial charge in [-0.2, -0.15) is 0 Å². The molecule has 0 spiro atoms. The van der Waals surface area contributed by atoms with Gasteiger partial charge in [0.1, 0.15) is 5.75 Å². The highest BCUT2D eigenvalue weighted by Crippen LogP contribution is 2.33. The lowest BCUT2D eigenvalue weighted by molar-refractivity contribution is 0.319. The summed E-state index contributed by atoms with van der Waals surface area (Å²) in [6.07, 6.45) is 2.10. The third-order valence-corrected chi connectivity index (χ3v) is 2.90. The molecule has 0 aliphatic carbocycles. The van der Waals surface area contributed by atoms with Gasteiger partial charge in [-0.1, -0.05) is 19.9 Å². The average Bonchev–Trinajstić information content (AvgIpc) is 2.35. The highest BCUT2D eigenvalue weighted by Gasteiger charge is 2.15. The van der Waals surface area contributed by atoms with Gasteiger partial charge >= 0.3 is 0 Å².